The van der Waals surface area contributed by atoms with E-state index in [1.54, 1.807) is 30.4 Å². The minimum Gasteiger partial charge on any atom is -0.744 e. The molecule has 0 radical (unpaired) electrons. The van der Waals surface area contributed by atoms with E-state index in [1.165, 1.54) is 164 Å². The number of benzene rings is 4. The predicted molar refractivity (Wildman–Crippen MR) is 286 cm³/mol. The first-order valence-corrected chi connectivity index (χ1v) is 31.8. The molecule has 4 aromatic carbocycles. The fourth-order valence-corrected chi connectivity index (χ4v) is 14.1. The van der Waals surface area contributed by atoms with Crippen LogP contribution in [0.1, 0.15) is 148 Å². The summed E-state index contributed by atoms with van der Waals surface area (Å²) in [5, 5.41) is 28.1. The molecule has 0 spiro atoms. The number of sulfone groups is 2. The molecule has 0 aliphatic carbocycles. The Balaban J connectivity index is 1.34. The molecular formula is C51H74N5O8S5-. The number of nitrogens with zero attached hydrogens (tertiary/aromatic N) is 4. The molecule has 18 heteroatoms. The van der Waals surface area contributed by atoms with Crippen molar-refractivity contribution in [1.82, 2.24) is 0 Å². The minimum absolute atomic E-state index is 0.0238. The molecular weight excluding hydrogens is 971 g/mol. The number of aryl methyl sites for hydroxylation is 1. The maximum absolute atomic E-state index is 13.1. The van der Waals surface area contributed by atoms with Crippen molar-refractivity contribution in [3.05, 3.63) is 66.2 Å². The largest absolute Gasteiger partial charge is 0.744 e. The molecule has 3 N–H and O–H groups in total. The molecule has 4 rings (SSSR count). The van der Waals surface area contributed by atoms with Gasteiger partial charge in [-0.25, -0.2) is 25.3 Å². The second-order valence-electron chi connectivity index (χ2n) is 17.7. The van der Waals surface area contributed by atoms with Crippen LogP contribution in [-0.2, 0) is 29.8 Å². The molecule has 382 valence electrons. The van der Waals surface area contributed by atoms with Crippen LogP contribution in [0.4, 0.5) is 28.4 Å². The quantitative estimate of drug-likeness (QED) is 0.0191. The first-order valence-electron chi connectivity index (χ1n) is 24.8. The lowest BCUT2D eigenvalue weighted by Crippen LogP contribution is -2.09. The van der Waals surface area contributed by atoms with Crippen LogP contribution in [0.15, 0.2) is 95.8 Å². The van der Waals surface area contributed by atoms with Crippen LogP contribution in [0.25, 0.3) is 10.8 Å². The van der Waals surface area contributed by atoms with Crippen molar-refractivity contribution in [2.75, 3.05) is 40.3 Å². The molecule has 0 amide bonds. The number of thioether (sulfide) groups is 2. The molecule has 0 saturated carbocycles. The lowest BCUT2D eigenvalue weighted by molar-refractivity contribution is 0.459. The fourth-order valence-electron chi connectivity index (χ4n) is 7.92. The van der Waals surface area contributed by atoms with Crippen molar-refractivity contribution < 1.29 is 34.9 Å². The minimum atomic E-state index is -5.19. The number of phenols is 1. The van der Waals surface area contributed by atoms with Gasteiger partial charge in [0.25, 0.3) is 0 Å². The number of hydrogen-bond acceptors (Lipinski definition) is 15. The fraction of sp³-hybridized carbons (Fsp3) is 0.569. The molecule has 0 bridgehead atoms. The predicted octanol–water partition coefficient (Wildman–Crippen LogP) is 15.0. The Labute approximate surface area is 421 Å². The summed E-state index contributed by atoms with van der Waals surface area (Å²) in [6, 6.07) is 14.1. The van der Waals surface area contributed by atoms with E-state index in [2.05, 4.69) is 34.3 Å². The number of phenolic OH excluding ortho intramolecular Hbond substituents is 1. The molecule has 0 saturated heterocycles. The zero-order chi connectivity index (χ0) is 50.1. The molecule has 0 unspecified atom stereocenters. The monoisotopic (exact) mass is 1040 g/mol. The Kier molecular flexibility index (Phi) is 25.5. The van der Waals surface area contributed by atoms with Crippen molar-refractivity contribution >= 4 is 92.5 Å². The van der Waals surface area contributed by atoms with Crippen LogP contribution < -0.4 is 5.73 Å². The topological polar surface area (TPSA) is 221 Å². The van der Waals surface area contributed by atoms with E-state index in [4.69, 9.17) is 5.73 Å². The molecule has 69 heavy (non-hydrogen) atoms. The number of unbranched alkanes of at least 4 members (excludes halogenated alkanes) is 18. The van der Waals surface area contributed by atoms with Gasteiger partial charge in [-0.3, -0.25) is 0 Å². The lowest BCUT2D eigenvalue weighted by atomic mass is 10.0. The number of fused-ring (bicyclic) bond motifs is 1. The van der Waals surface area contributed by atoms with Gasteiger partial charge in [-0.05, 0) is 103 Å². The molecule has 0 aliphatic heterocycles. The van der Waals surface area contributed by atoms with Crippen LogP contribution in [0.3, 0.4) is 0 Å². The Hall–Kier alpha value is -3.55. The van der Waals surface area contributed by atoms with Gasteiger partial charge in [0.15, 0.2) is 25.4 Å². The first kappa shape index (κ1) is 58.0. The molecule has 0 aromatic heterocycles. The van der Waals surface area contributed by atoms with Crippen molar-refractivity contribution in [2.45, 2.75) is 164 Å². The number of nitrogen functional groups attached to an aromatic ring is 1. The number of nitrogens with two attached hydrogens (primary N) is 1. The van der Waals surface area contributed by atoms with Crippen LogP contribution in [0.5, 0.6) is 5.75 Å². The summed E-state index contributed by atoms with van der Waals surface area (Å²) in [4.78, 5) is -0.553. The van der Waals surface area contributed by atoms with Crippen LogP contribution >= 0.6 is 23.5 Å². The third kappa shape index (κ3) is 19.9. The maximum atomic E-state index is 13.1. The van der Waals surface area contributed by atoms with E-state index in [0.717, 1.165) is 36.8 Å². The maximum Gasteiger partial charge on any atom is 0.179 e. The van der Waals surface area contributed by atoms with E-state index in [-0.39, 0.29) is 49.1 Å². The van der Waals surface area contributed by atoms with Gasteiger partial charge in [-0.1, -0.05) is 129 Å². The lowest BCUT2D eigenvalue weighted by Gasteiger charge is -2.16. The highest BCUT2D eigenvalue weighted by Gasteiger charge is 2.22. The highest BCUT2D eigenvalue weighted by molar-refractivity contribution is 8.01. The SMILES string of the molecule is CCCCCCCCCCCCSCCS(=O)(=O)c1ccc(N=Nc2c(C)cc3cc(S(=O)(=O)[O-])c(N=Nc4ccc(S(=O)(=O)CCSCCCCCCCCCCCC)cc4)c(O)c3c2N)cc1. The zero-order valence-corrected chi connectivity index (χ0v) is 45.0. The highest BCUT2D eigenvalue weighted by Crippen LogP contribution is 2.47. The van der Waals surface area contributed by atoms with E-state index >= 15 is 0 Å². The summed E-state index contributed by atoms with van der Waals surface area (Å²) in [7, 11) is -12.3. The van der Waals surface area contributed by atoms with Crippen LogP contribution in [0.2, 0.25) is 0 Å². The summed E-state index contributed by atoms with van der Waals surface area (Å²) < 4.78 is 89.6. The van der Waals surface area contributed by atoms with Gasteiger partial charge in [0.1, 0.15) is 21.5 Å². The molecule has 0 atom stereocenters. The van der Waals surface area contributed by atoms with E-state index in [1.807, 2.05) is 0 Å². The Morgan fingerprint density at radius 3 is 1.29 bits per heavy atom. The van der Waals surface area contributed by atoms with Gasteiger partial charge in [-0.15, -0.1) is 10.2 Å². The molecule has 13 nitrogen and oxygen atoms in total. The summed E-state index contributed by atoms with van der Waals surface area (Å²) in [6.07, 6.45) is 25.1. The third-order valence-corrected chi connectivity index (χ3v) is 19.0. The zero-order valence-electron chi connectivity index (χ0n) is 40.9. The number of aromatic hydroxyl groups is 1. The van der Waals surface area contributed by atoms with E-state index in [0.29, 0.717) is 22.8 Å². The second kappa shape index (κ2) is 30.4. The number of hydrogen-bond donors (Lipinski definition) is 2. The summed E-state index contributed by atoms with van der Waals surface area (Å²) in [6.45, 7) is 6.10. The van der Waals surface area contributed by atoms with Gasteiger partial charge in [0.2, 0.25) is 0 Å². The van der Waals surface area contributed by atoms with Gasteiger partial charge in [0, 0.05) is 11.5 Å². The van der Waals surface area contributed by atoms with Gasteiger partial charge >= 0.3 is 0 Å². The van der Waals surface area contributed by atoms with Gasteiger partial charge in [0.05, 0.1) is 48.6 Å². The summed E-state index contributed by atoms with van der Waals surface area (Å²) in [5.74, 6) is 2.11. The van der Waals surface area contributed by atoms with Gasteiger partial charge in [-0.2, -0.15) is 33.8 Å². The Morgan fingerprint density at radius 2 is 0.899 bits per heavy atom. The normalized spacial score (nSPS) is 12.6. The smallest absolute Gasteiger partial charge is 0.179 e. The number of rotatable bonds is 35. The van der Waals surface area contributed by atoms with Crippen molar-refractivity contribution in [1.29, 1.82) is 0 Å². The summed E-state index contributed by atoms with van der Waals surface area (Å²) >= 11 is 3.29. The Morgan fingerprint density at radius 1 is 0.522 bits per heavy atom. The van der Waals surface area contributed by atoms with Gasteiger partial charge < -0.3 is 15.4 Å². The van der Waals surface area contributed by atoms with Crippen LogP contribution in [-0.4, -0.2) is 69.4 Å². The number of anilines is 1. The molecule has 0 heterocycles. The molecule has 0 aliphatic rings. The second-order valence-corrected chi connectivity index (χ2v) is 25.7. The molecule has 0 fully saturated rings. The van der Waals surface area contributed by atoms with Crippen molar-refractivity contribution in [2.24, 2.45) is 20.5 Å². The highest BCUT2D eigenvalue weighted by atomic mass is 32.2. The number of azo groups is 2. The average molecular weight is 1050 g/mol. The molecule has 4 aromatic rings. The van der Waals surface area contributed by atoms with E-state index in [9.17, 15) is 34.9 Å². The third-order valence-electron chi connectivity index (χ3n) is 12.0. The van der Waals surface area contributed by atoms with Crippen molar-refractivity contribution in [3.8, 4) is 5.75 Å². The van der Waals surface area contributed by atoms with Crippen molar-refractivity contribution in [3.63, 3.8) is 0 Å². The average Bonchev–Trinajstić information content (AvgIpc) is 3.31. The Bertz CT molecular complexity index is 2590. The summed E-state index contributed by atoms with van der Waals surface area (Å²) in [5.41, 5.74) is 6.86. The standard InChI is InChI=1S/C51H75N5O8S5/c1-4-6-8-10-12-14-16-18-20-22-32-65-34-36-67(58,59)44-28-24-42(25-29-44)53-55-49-40(3)38-41-39-46(69(62,63)64)50(51(57)47(41)48(49)52)56-54-43-26-30-45(31-27-43)68(60,61)37-35-66-33-23-21-19-17-15-13-11-9-7-5-2/h24-31,38-39,57H,4-23,32-37,52H2,1-3H3,(H,62,63,64)/p-1. The van der Waals surface area contributed by atoms with Crippen LogP contribution in [0, 0.1) is 6.92 Å². The van der Waals surface area contributed by atoms with E-state index < -0.39 is 46.1 Å². The first-order chi connectivity index (χ1) is 33.1.